The molecule has 190 valence electrons. The molecule has 36 heavy (non-hydrogen) atoms. The zero-order valence-corrected chi connectivity index (χ0v) is 20.3. The molecular weight excluding hydrogens is 472 g/mol. The molecule has 0 atom stereocenters. The molecule has 0 aliphatic carbocycles. The summed E-state index contributed by atoms with van der Waals surface area (Å²) in [4.78, 5) is 35.4. The molecule has 0 saturated carbocycles. The third-order valence-electron chi connectivity index (χ3n) is 6.37. The predicted octanol–water partition coefficient (Wildman–Crippen LogP) is 3.94. The van der Waals surface area contributed by atoms with Crippen molar-refractivity contribution >= 4 is 23.5 Å². The number of halogens is 2. The Morgan fingerprint density at radius 1 is 1.17 bits per heavy atom. The first kappa shape index (κ1) is 25.1. The van der Waals surface area contributed by atoms with Crippen LogP contribution in [0.25, 0.3) is 0 Å². The lowest BCUT2D eigenvalue weighted by Gasteiger charge is -2.50. The lowest BCUT2D eigenvalue weighted by molar-refractivity contribution is -0.122. The minimum Gasteiger partial charge on any atom is -0.477 e. The fraction of sp³-hybridized carbons (Fsp3) is 0.360. The highest BCUT2D eigenvalue weighted by molar-refractivity contribution is 6.02. The molecule has 4 rings (SSSR count). The van der Waals surface area contributed by atoms with Gasteiger partial charge >= 0.3 is 12.6 Å². The number of carboxylic acids is 1. The molecule has 1 amide bonds. The van der Waals surface area contributed by atoms with Crippen LogP contribution in [0.15, 0.2) is 42.6 Å². The highest BCUT2D eigenvalue weighted by Crippen LogP contribution is 2.42. The molecule has 9 nitrogen and oxygen atoms in total. The Balaban J connectivity index is 1.72. The Morgan fingerprint density at radius 3 is 2.47 bits per heavy atom. The topological polar surface area (TPSA) is 110 Å². The first-order valence-corrected chi connectivity index (χ1v) is 11.4. The zero-order valence-electron chi connectivity index (χ0n) is 20.3. The number of carbonyl (C=O) groups excluding carboxylic acids is 1. The van der Waals surface area contributed by atoms with Gasteiger partial charge in [0.15, 0.2) is 0 Å². The molecule has 2 N–H and O–H groups in total. The largest absolute Gasteiger partial charge is 0.477 e. The number of hydrogen-bond donors (Lipinski definition) is 2. The average Bonchev–Trinajstić information content (AvgIpc) is 3.16. The molecule has 0 spiro atoms. The van der Waals surface area contributed by atoms with Crippen LogP contribution in [0.2, 0.25) is 0 Å². The minimum absolute atomic E-state index is 0.0223. The summed E-state index contributed by atoms with van der Waals surface area (Å²) in [6.45, 7) is 2.99. The monoisotopic (exact) mass is 499 g/mol. The van der Waals surface area contributed by atoms with E-state index in [-0.39, 0.29) is 36.3 Å². The molecule has 1 fully saturated rings. The lowest BCUT2D eigenvalue weighted by Crippen LogP contribution is -2.66. The lowest BCUT2D eigenvalue weighted by atomic mass is 9.69. The van der Waals surface area contributed by atoms with Crippen LogP contribution in [0.3, 0.4) is 0 Å². The summed E-state index contributed by atoms with van der Waals surface area (Å²) in [7, 11) is 1.60. The molecule has 0 unspecified atom stereocenters. The minimum atomic E-state index is -3.10. The van der Waals surface area contributed by atoms with Crippen LogP contribution >= 0.6 is 0 Å². The summed E-state index contributed by atoms with van der Waals surface area (Å²) in [5.41, 5.74) is 1.25. The van der Waals surface area contributed by atoms with Crippen LogP contribution < -0.4 is 15.0 Å². The van der Waals surface area contributed by atoms with E-state index in [1.165, 1.54) is 16.8 Å². The number of imidazole rings is 1. The molecule has 0 bridgehead atoms. The molecular formula is C25H27F2N5O4. The number of amides is 1. The van der Waals surface area contributed by atoms with Gasteiger partial charge in [0, 0.05) is 25.8 Å². The third kappa shape index (κ3) is 4.48. The van der Waals surface area contributed by atoms with Crippen molar-refractivity contribution in [1.29, 1.82) is 0 Å². The van der Waals surface area contributed by atoms with Crippen LogP contribution in [0.5, 0.6) is 5.88 Å². The predicted molar refractivity (Wildman–Crippen MR) is 129 cm³/mol. The van der Waals surface area contributed by atoms with E-state index in [9.17, 15) is 23.5 Å². The average molecular weight is 500 g/mol. The number of carbonyl (C=O) groups is 2. The van der Waals surface area contributed by atoms with E-state index in [2.05, 4.69) is 20.0 Å². The summed E-state index contributed by atoms with van der Waals surface area (Å²) < 4.78 is 32.0. The Hall–Kier alpha value is -4.02. The maximum atomic E-state index is 13.9. The second kappa shape index (κ2) is 9.56. The fourth-order valence-corrected chi connectivity index (χ4v) is 4.56. The van der Waals surface area contributed by atoms with Gasteiger partial charge in [-0.15, -0.1) is 0 Å². The van der Waals surface area contributed by atoms with Gasteiger partial charge in [-0.3, -0.25) is 4.79 Å². The third-order valence-corrected chi connectivity index (χ3v) is 6.37. The summed E-state index contributed by atoms with van der Waals surface area (Å²) in [6, 6.07) is 10.7. The van der Waals surface area contributed by atoms with Crippen molar-refractivity contribution in [1.82, 2.24) is 14.5 Å². The van der Waals surface area contributed by atoms with Crippen molar-refractivity contribution in [3.63, 3.8) is 0 Å². The number of aromatic nitrogens is 3. The highest BCUT2D eigenvalue weighted by Gasteiger charge is 2.53. The van der Waals surface area contributed by atoms with Crippen molar-refractivity contribution in [2.75, 3.05) is 23.3 Å². The molecule has 1 saturated heterocycles. The quantitative estimate of drug-likeness (QED) is 0.483. The molecule has 3 aromatic rings. The maximum absolute atomic E-state index is 13.9. The number of aromatic carboxylic acids is 1. The van der Waals surface area contributed by atoms with E-state index < -0.39 is 23.9 Å². The molecule has 1 aliphatic heterocycles. The van der Waals surface area contributed by atoms with Gasteiger partial charge in [-0.05, 0) is 36.1 Å². The molecule has 1 aromatic carbocycles. The Morgan fingerprint density at radius 2 is 1.86 bits per heavy atom. The molecule has 1 aliphatic rings. The van der Waals surface area contributed by atoms with Crippen molar-refractivity contribution in [2.24, 2.45) is 7.05 Å². The second-order valence-electron chi connectivity index (χ2n) is 9.13. The normalized spacial score (nSPS) is 14.6. The number of benzene rings is 1. The van der Waals surface area contributed by atoms with Gasteiger partial charge in [-0.1, -0.05) is 38.1 Å². The van der Waals surface area contributed by atoms with Gasteiger partial charge in [0.2, 0.25) is 17.7 Å². The van der Waals surface area contributed by atoms with Crippen molar-refractivity contribution in [2.45, 2.75) is 38.7 Å². The van der Waals surface area contributed by atoms with Gasteiger partial charge in [0.05, 0.1) is 6.20 Å². The number of hydrogen-bond acceptors (Lipinski definition) is 6. The van der Waals surface area contributed by atoms with Crippen molar-refractivity contribution in [3.05, 3.63) is 65.1 Å². The molecule has 11 heteroatoms. The summed E-state index contributed by atoms with van der Waals surface area (Å²) in [5.74, 6) is -1.35. The molecule has 2 aromatic heterocycles. The number of pyridine rings is 1. The van der Waals surface area contributed by atoms with Gasteiger partial charge < -0.3 is 24.6 Å². The van der Waals surface area contributed by atoms with Gasteiger partial charge in [-0.25, -0.2) is 14.8 Å². The fourth-order valence-electron chi connectivity index (χ4n) is 4.56. The Bertz CT molecular complexity index is 1300. The second-order valence-corrected chi connectivity index (χ2v) is 9.13. The summed E-state index contributed by atoms with van der Waals surface area (Å²) in [6.07, 6.45) is 1.27. The number of rotatable bonds is 8. The van der Waals surface area contributed by atoms with Crippen LogP contribution in [0.4, 0.5) is 20.4 Å². The highest BCUT2D eigenvalue weighted by atomic mass is 19.3. The number of aryl methyl sites for hydroxylation is 1. The number of anilines is 2. The van der Waals surface area contributed by atoms with Crippen LogP contribution in [0.1, 0.15) is 47.1 Å². The summed E-state index contributed by atoms with van der Waals surface area (Å²) >= 11 is 0. The standard InChI is InChI=1S/C25H27F2N5O4/c1-14(2)16-7-5-6-8-17(16)25(12-32(13-25)24-28-11-19(21(33)34)31(24)4)22(35)30-18-10-9-15(3)29-20(18)36-23(26)27/h5-11,14,23H,12-13H2,1-4H3,(H,30,35)(H,33,34). The first-order chi connectivity index (χ1) is 17.0. The summed E-state index contributed by atoms with van der Waals surface area (Å²) in [5, 5.41) is 12.1. The van der Waals surface area contributed by atoms with Gasteiger partial charge in [0.1, 0.15) is 16.8 Å². The smallest absolute Gasteiger partial charge is 0.388 e. The van der Waals surface area contributed by atoms with E-state index >= 15 is 0 Å². The number of alkyl halides is 2. The number of nitrogens with one attached hydrogen (secondary N) is 1. The first-order valence-electron chi connectivity index (χ1n) is 11.4. The van der Waals surface area contributed by atoms with E-state index in [4.69, 9.17) is 0 Å². The number of nitrogens with zero attached hydrogens (tertiary/aromatic N) is 4. The van der Waals surface area contributed by atoms with Crippen LogP contribution in [0, 0.1) is 6.92 Å². The van der Waals surface area contributed by atoms with Gasteiger partial charge in [-0.2, -0.15) is 8.78 Å². The van der Waals surface area contributed by atoms with E-state index in [1.807, 2.05) is 43.0 Å². The van der Waals surface area contributed by atoms with E-state index in [0.717, 1.165) is 11.1 Å². The number of ether oxygens (including phenoxy) is 1. The van der Waals surface area contributed by atoms with Crippen molar-refractivity contribution in [3.8, 4) is 5.88 Å². The van der Waals surface area contributed by atoms with E-state index in [0.29, 0.717) is 11.6 Å². The zero-order chi connectivity index (χ0) is 26.2. The van der Waals surface area contributed by atoms with E-state index in [1.54, 1.807) is 20.0 Å². The Kier molecular flexibility index (Phi) is 6.66. The van der Waals surface area contributed by atoms with Crippen molar-refractivity contribution < 1.29 is 28.2 Å². The van der Waals surface area contributed by atoms with Crippen LogP contribution in [-0.4, -0.2) is 51.2 Å². The number of carboxylic acid groups (broad SMARTS) is 1. The van der Waals surface area contributed by atoms with Crippen LogP contribution in [-0.2, 0) is 17.3 Å². The Labute approximate surface area is 206 Å². The van der Waals surface area contributed by atoms with Gasteiger partial charge in [0.25, 0.3) is 0 Å². The SMILES string of the molecule is Cc1ccc(NC(=O)C2(c3ccccc3C(C)C)CN(c3ncc(C(=O)O)n3C)C2)c(OC(F)F)n1. The molecule has 3 heterocycles. The molecule has 0 radical (unpaired) electrons. The maximum Gasteiger partial charge on any atom is 0.388 e.